The molecule has 1 fully saturated rings. The van der Waals surface area contributed by atoms with E-state index in [1.54, 1.807) is 0 Å². The molecule has 7 nitrogen and oxygen atoms in total. The summed E-state index contributed by atoms with van der Waals surface area (Å²) in [5.74, 6) is 1.07. The van der Waals surface area contributed by atoms with Crippen LogP contribution in [-0.4, -0.2) is 44.0 Å². The third-order valence-corrected chi connectivity index (χ3v) is 4.46. The second-order valence-electron chi connectivity index (χ2n) is 6.99. The number of carbonyl (C=O) groups excluding carboxylic acids is 2. The molecule has 2 rings (SSSR count). The molecular weight excluding hydrogens is 481 g/mol. The molecule has 162 valence electrons. The van der Waals surface area contributed by atoms with Gasteiger partial charge in [-0.2, -0.15) is 0 Å². The molecule has 0 aromatic heterocycles. The molecular formula is C21H34IN5O2. The van der Waals surface area contributed by atoms with Crippen molar-refractivity contribution in [2.24, 2.45) is 10.9 Å². The SMILES string of the molecule is CCCCNC(=O)c1ccc(CN=C(NCC)NCCNC(=O)C2CC2)cc1.I. The van der Waals surface area contributed by atoms with Gasteiger partial charge < -0.3 is 21.3 Å². The topological polar surface area (TPSA) is 94.6 Å². The smallest absolute Gasteiger partial charge is 0.251 e. The van der Waals surface area contributed by atoms with Crippen LogP contribution in [-0.2, 0) is 11.3 Å². The molecule has 0 atom stereocenters. The number of rotatable bonds is 11. The monoisotopic (exact) mass is 515 g/mol. The number of carbonyl (C=O) groups is 2. The van der Waals surface area contributed by atoms with E-state index in [2.05, 4.69) is 33.2 Å². The zero-order chi connectivity index (χ0) is 20.2. The first-order valence-corrected chi connectivity index (χ1v) is 10.3. The van der Waals surface area contributed by atoms with Crippen LogP contribution in [0.15, 0.2) is 29.3 Å². The van der Waals surface area contributed by atoms with Crippen LogP contribution in [0.1, 0.15) is 55.5 Å². The molecule has 0 spiro atoms. The molecule has 2 amide bonds. The van der Waals surface area contributed by atoms with Gasteiger partial charge in [-0.1, -0.05) is 25.5 Å². The third kappa shape index (κ3) is 9.96. The van der Waals surface area contributed by atoms with E-state index in [1.165, 1.54) is 0 Å². The lowest BCUT2D eigenvalue weighted by Gasteiger charge is -2.12. The maximum Gasteiger partial charge on any atom is 0.251 e. The highest BCUT2D eigenvalue weighted by Gasteiger charge is 2.28. The molecule has 1 saturated carbocycles. The Balaban J connectivity index is 0.00000420. The van der Waals surface area contributed by atoms with Crippen molar-refractivity contribution < 1.29 is 9.59 Å². The van der Waals surface area contributed by atoms with Crippen molar-refractivity contribution in [3.63, 3.8) is 0 Å². The van der Waals surface area contributed by atoms with E-state index in [0.717, 1.165) is 37.8 Å². The van der Waals surface area contributed by atoms with E-state index in [0.29, 0.717) is 37.7 Å². The summed E-state index contributed by atoms with van der Waals surface area (Å²) < 4.78 is 0. The highest BCUT2D eigenvalue weighted by Crippen LogP contribution is 2.28. The number of amides is 2. The largest absolute Gasteiger partial charge is 0.357 e. The summed E-state index contributed by atoms with van der Waals surface area (Å²) in [4.78, 5) is 28.2. The summed E-state index contributed by atoms with van der Waals surface area (Å²) >= 11 is 0. The van der Waals surface area contributed by atoms with E-state index >= 15 is 0 Å². The fourth-order valence-corrected chi connectivity index (χ4v) is 2.61. The lowest BCUT2D eigenvalue weighted by Crippen LogP contribution is -2.41. The molecule has 1 aromatic carbocycles. The number of unbranched alkanes of at least 4 members (excludes halogenated alkanes) is 1. The van der Waals surface area contributed by atoms with Gasteiger partial charge in [0, 0.05) is 37.7 Å². The van der Waals surface area contributed by atoms with Crippen molar-refractivity contribution in [2.45, 2.75) is 46.1 Å². The van der Waals surface area contributed by atoms with E-state index in [9.17, 15) is 9.59 Å². The summed E-state index contributed by atoms with van der Waals surface area (Å²) in [6.07, 6.45) is 4.08. The Kier molecular flexibility index (Phi) is 12.3. The van der Waals surface area contributed by atoms with Gasteiger partial charge >= 0.3 is 0 Å². The molecule has 4 N–H and O–H groups in total. The first-order valence-electron chi connectivity index (χ1n) is 10.3. The highest BCUT2D eigenvalue weighted by atomic mass is 127. The summed E-state index contributed by atoms with van der Waals surface area (Å²) in [6, 6.07) is 7.52. The summed E-state index contributed by atoms with van der Waals surface area (Å²) in [5.41, 5.74) is 1.70. The minimum atomic E-state index is -0.0354. The number of hydrogen-bond acceptors (Lipinski definition) is 3. The summed E-state index contributed by atoms with van der Waals surface area (Å²) in [7, 11) is 0. The Hall–Kier alpha value is -1.84. The lowest BCUT2D eigenvalue weighted by molar-refractivity contribution is -0.122. The molecule has 0 unspecified atom stereocenters. The van der Waals surface area contributed by atoms with Crippen molar-refractivity contribution >= 4 is 41.8 Å². The van der Waals surface area contributed by atoms with E-state index in [4.69, 9.17) is 0 Å². The van der Waals surface area contributed by atoms with Crippen LogP contribution in [0.2, 0.25) is 0 Å². The van der Waals surface area contributed by atoms with Gasteiger partial charge in [0.05, 0.1) is 6.54 Å². The Labute approximate surface area is 190 Å². The number of nitrogens with one attached hydrogen (secondary N) is 4. The molecule has 0 radical (unpaired) electrons. The number of benzene rings is 1. The molecule has 1 aliphatic carbocycles. The number of nitrogens with zero attached hydrogens (tertiary/aromatic N) is 1. The third-order valence-electron chi connectivity index (χ3n) is 4.46. The molecule has 8 heteroatoms. The van der Waals surface area contributed by atoms with Crippen LogP contribution in [0, 0.1) is 5.92 Å². The number of hydrogen-bond donors (Lipinski definition) is 4. The minimum Gasteiger partial charge on any atom is -0.357 e. The summed E-state index contributed by atoms with van der Waals surface area (Å²) in [6.45, 7) is 7.31. The summed E-state index contributed by atoms with van der Waals surface area (Å²) in [5, 5.41) is 12.3. The maximum absolute atomic E-state index is 12.0. The lowest BCUT2D eigenvalue weighted by atomic mass is 10.1. The predicted molar refractivity (Wildman–Crippen MR) is 128 cm³/mol. The van der Waals surface area contributed by atoms with E-state index in [-0.39, 0.29) is 41.7 Å². The normalized spacial score (nSPS) is 13.2. The van der Waals surface area contributed by atoms with Gasteiger partial charge in [-0.25, -0.2) is 4.99 Å². The van der Waals surface area contributed by atoms with Gasteiger partial charge in [0.15, 0.2) is 5.96 Å². The van der Waals surface area contributed by atoms with Crippen LogP contribution in [0.4, 0.5) is 0 Å². The Morgan fingerprint density at radius 3 is 2.28 bits per heavy atom. The molecule has 0 saturated heterocycles. The Morgan fingerprint density at radius 2 is 1.66 bits per heavy atom. The fraction of sp³-hybridized carbons (Fsp3) is 0.571. The van der Waals surface area contributed by atoms with Crippen LogP contribution in [0.5, 0.6) is 0 Å². The maximum atomic E-state index is 12.0. The van der Waals surface area contributed by atoms with Gasteiger partial charge in [0.25, 0.3) is 5.91 Å². The average Bonchev–Trinajstić information content (AvgIpc) is 3.55. The van der Waals surface area contributed by atoms with Crippen molar-refractivity contribution in [1.82, 2.24) is 21.3 Å². The second-order valence-corrected chi connectivity index (χ2v) is 6.99. The van der Waals surface area contributed by atoms with E-state index < -0.39 is 0 Å². The van der Waals surface area contributed by atoms with Crippen molar-refractivity contribution in [3.8, 4) is 0 Å². The standard InChI is InChI=1S/C21H33N5O2.HI/c1-3-5-12-23-19(27)17-8-6-16(7-9-17)15-26-21(22-4-2)25-14-13-24-20(28)18-10-11-18;/h6-9,18H,3-5,10-15H2,1-2H3,(H,23,27)(H,24,28)(H2,22,25,26);1H. The van der Waals surface area contributed by atoms with Gasteiger partial charge in [-0.05, 0) is 43.9 Å². The number of aliphatic imine (C=N–C) groups is 1. The molecule has 0 bridgehead atoms. The molecule has 29 heavy (non-hydrogen) atoms. The predicted octanol–water partition coefficient (Wildman–Crippen LogP) is 2.42. The molecule has 0 heterocycles. The molecule has 1 aromatic rings. The Bertz CT molecular complexity index is 660. The fourth-order valence-electron chi connectivity index (χ4n) is 2.61. The number of guanidine groups is 1. The van der Waals surface area contributed by atoms with Crippen LogP contribution in [0.3, 0.4) is 0 Å². The number of halogens is 1. The molecule has 1 aliphatic rings. The van der Waals surface area contributed by atoms with E-state index in [1.807, 2.05) is 31.2 Å². The van der Waals surface area contributed by atoms with Crippen molar-refractivity contribution in [3.05, 3.63) is 35.4 Å². The zero-order valence-corrected chi connectivity index (χ0v) is 19.8. The highest BCUT2D eigenvalue weighted by molar-refractivity contribution is 14.0. The second kappa shape index (κ2) is 14.2. The Morgan fingerprint density at radius 1 is 0.966 bits per heavy atom. The van der Waals surface area contributed by atoms with Crippen molar-refractivity contribution in [1.29, 1.82) is 0 Å². The van der Waals surface area contributed by atoms with Crippen LogP contribution in [0.25, 0.3) is 0 Å². The van der Waals surface area contributed by atoms with Crippen molar-refractivity contribution in [2.75, 3.05) is 26.2 Å². The quantitative estimate of drug-likeness (QED) is 0.158. The van der Waals surface area contributed by atoms with Crippen LogP contribution >= 0.6 is 24.0 Å². The average molecular weight is 515 g/mol. The van der Waals surface area contributed by atoms with Gasteiger partial charge in [0.1, 0.15) is 0 Å². The minimum absolute atomic E-state index is 0. The molecule has 0 aliphatic heterocycles. The van der Waals surface area contributed by atoms with Gasteiger partial charge in [-0.3, -0.25) is 9.59 Å². The first-order chi connectivity index (χ1) is 13.6. The van der Waals surface area contributed by atoms with Crippen LogP contribution < -0.4 is 21.3 Å². The first kappa shape index (κ1) is 25.2. The van der Waals surface area contributed by atoms with Gasteiger partial charge in [0.2, 0.25) is 5.91 Å². The van der Waals surface area contributed by atoms with Gasteiger partial charge in [-0.15, -0.1) is 24.0 Å². The zero-order valence-electron chi connectivity index (χ0n) is 17.4.